The maximum absolute atomic E-state index is 12.3. The summed E-state index contributed by atoms with van der Waals surface area (Å²) in [5.41, 5.74) is -0.886. The molecule has 0 saturated carbocycles. The van der Waals surface area contributed by atoms with Crippen LogP contribution in [0.15, 0.2) is 24.3 Å². The first kappa shape index (κ1) is 14.7. The Morgan fingerprint density at radius 2 is 1.78 bits per heavy atom. The highest BCUT2D eigenvalue weighted by Gasteiger charge is 2.27. The molecule has 1 rings (SSSR count). The van der Waals surface area contributed by atoms with Crippen LogP contribution < -0.4 is 10.2 Å². The number of hydrogen-bond acceptors (Lipinski definition) is 2. The molecule has 0 spiro atoms. The minimum absolute atomic E-state index is 0.200. The monoisotopic (exact) mass is 273 g/mol. The van der Waals surface area contributed by atoms with Crippen molar-refractivity contribution in [1.82, 2.24) is 0 Å². The van der Waals surface area contributed by atoms with Gasteiger partial charge in [-0.2, -0.15) is 13.2 Å². The Morgan fingerprint density at radius 3 is 2.33 bits per heavy atom. The highest BCUT2D eigenvalue weighted by Crippen LogP contribution is 2.16. The third-order valence-corrected chi connectivity index (χ3v) is 1.81. The topological polar surface area (TPSA) is 18.5 Å². The van der Waals surface area contributed by atoms with Gasteiger partial charge in [0.25, 0.3) is 0 Å². The van der Waals surface area contributed by atoms with Gasteiger partial charge in [0, 0.05) is 0 Å². The zero-order valence-corrected chi connectivity index (χ0v) is 8.89. The van der Waals surface area contributed by atoms with Crippen molar-refractivity contribution in [1.29, 1.82) is 0 Å². The first-order valence-corrected chi connectivity index (χ1v) is 4.76. The molecule has 0 aliphatic carbocycles. The maximum atomic E-state index is 12.3. The summed E-state index contributed by atoms with van der Waals surface area (Å²) in [5.74, 6) is -0.200. The van der Waals surface area contributed by atoms with E-state index in [1.165, 1.54) is 6.07 Å². The highest BCUT2D eigenvalue weighted by atomic mass is 19.4. The Bertz CT molecular complexity index is 389. The minimum Gasteiger partial charge on any atom is -0.468 e. The van der Waals surface area contributed by atoms with Crippen LogP contribution in [0.25, 0.3) is 0 Å². The molecular weight excluding hydrogens is 265 g/mol. The van der Waals surface area contributed by atoms with Crippen molar-refractivity contribution in [2.75, 3.05) is 13.4 Å². The van der Waals surface area contributed by atoms with Gasteiger partial charge in [-0.05, 0) is 12.1 Å². The summed E-state index contributed by atoms with van der Waals surface area (Å²) < 4.78 is 80.8. The van der Waals surface area contributed by atoms with E-state index in [4.69, 9.17) is 0 Å². The average molecular weight is 273 g/mol. The quantitative estimate of drug-likeness (QED) is 0.355. The van der Waals surface area contributed by atoms with Gasteiger partial charge in [-0.3, -0.25) is 0 Å². The largest absolute Gasteiger partial charge is 0.509 e. The molecule has 1 aromatic rings. The van der Waals surface area contributed by atoms with Gasteiger partial charge in [0.05, 0.1) is 0 Å². The molecule has 1 aromatic carbocycles. The lowest BCUT2D eigenvalue weighted by atomic mass is 9.80. The lowest BCUT2D eigenvalue weighted by Crippen LogP contribution is -2.33. The Labute approximate surface area is 98.6 Å². The smallest absolute Gasteiger partial charge is 0.468 e. The van der Waals surface area contributed by atoms with Crippen molar-refractivity contribution in [3.63, 3.8) is 0 Å². The van der Waals surface area contributed by atoms with Crippen LogP contribution in [0.2, 0.25) is 0 Å². The van der Waals surface area contributed by atoms with E-state index in [2.05, 4.69) is 9.47 Å². The van der Waals surface area contributed by atoms with Crippen molar-refractivity contribution >= 4 is 12.4 Å². The molecule has 9 heteroatoms. The van der Waals surface area contributed by atoms with E-state index in [0.29, 0.717) is 6.07 Å². The van der Waals surface area contributed by atoms with Gasteiger partial charge in [0.15, 0.2) is 6.79 Å². The Balaban J connectivity index is 2.49. The van der Waals surface area contributed by atoms with Crippen LogP contribution >= 0.6 is 0 Å². The molecule has 0 N–H and O–H groups in total. The summed E-state index contributed by atoms with van der Waals surface area (Å²) in [7, 11) is 0. The summed E-state index contributed by atoms with van der Waals surface area (Å²) >= 11 is 0. The summed E-state index contributed by atoms with van der Waals surface area (Å²) in [5, 5.41) is 0. The molecule has 102 valence electrons. The predicted molar refractivity (Wildman–Crippen MR) is 52.7 cm³/mol. The summed E-state index contributed by atoms with van der Waals surface area (Å²) in [6, 6.07) is 3.85. The van der Waals surface area contributed by atoms with Gasteiger partial charge in [0.1, 0.15) is 12.4 Å². The maximum Gasteiger partial charge on any atom is 0.509 e. The van der Waals surface area contributed by atoms with Crippen molar-refractivity contribution in [2.24, 2.45) is 0 Å². The van der Waals surface area contributed by atoms with E-state index < -0.39 is 32.0 Å². The molecule has 0 unspecified atom stereocenters. The Morgan fingerprint density at radius 1 is 1.11 bits per heavy atom. The van der Waals surface area contributed by atoms with Crippen LogP contribution in [0.4, 0.5) is 26.1 Å². The highest BCUT2D eigenvalue weighted by molar-refractivity contribution is 6.73. The van der Waals surface area contributed by atoms with E-state index in [-0.39, 0.29) is 5.75 Å². The van der Waals surface area contributed by atoms with Crippen LogP contribution in [-0.2, 0) is 4.74 Å². The number of benzene rings is 1. The third-order valence-electron chi connectivity index (χ3n) is 1.81. The van der Waals surface area contributed by atoms with Gasteiger partial charge in [-0.15, -0.1) is 5.46 Å². The molecular formula is C9H8BF6O2-. The van der Waals surface area contributed by atoms with Gasteiger partial charge in [0.2, 0.25) is 0 Å². The summed E-state index contributed by atoms with van der Waals surface area (Å²) in [6.07, 6.45) is -4.50. The SMILES string of the molecule is F[B-](F)(F)c1cccc(OCOCC(F)(F)F)c1. The standard InChI is InChI=1S/C9H8BF6O2/c11-9(12,13)5-17-6-18-8-3-1-2-7(4-8)10(14,15)16/h1-4H,5-6H2/q-1. The fourth-order valence-corrected chi connectivity index (χ4v) is 1.08. The normalized spacial score (nSPS) is 12.6. The zero-order valence-electron chi connectivity index (χ0n) is 8.89. The van der Waals surface area contributed by atoms with Crippen molar-refractivity contribution < 1.29 is 35.6 Å². The fraction of sp³-hybridized carbons (Fsp3) is 0.333. The van der Waals surface area contributed by atoms with Crippen LogP contribution in [0.1, 0.15) is 0 Å². The molecule has 0 fully saturated rings. The molecule has 2 nitrogen and oxygen atoms in total. The Kier molecular flexibility index (Phi) is 4.50. The first-order chi connectivity index (χ1) is 8.18. The minimum atomic E-state index is -5.17. The zero-order chi connectivity index (χ0) is 13.8. The number of alkyl halides is 3. The number of hydrogen-bond donors (Lipinski definition) is 0. The van der Waals surface area contributed by atoms with Crippen LogP contribution in [0.5, 0.6) is 5.75 Å². The molecule has 0 radical (unpaired) electrons. The van der Waals surface area contributed by atoms with E-state index in [1.807, 2.05) is 0 Å². The second-order valence-corrected chi connectivity index (χ2v) is 3.37. The molecule has 0 amide bonds. The van der Waals surface area contributed by atoms with Crippen molar-refractivity contribution in [3.8, 4) is 5.75 Å². The number of rotatable bonds is 5. The van der Waals surface area contributed by atoms with Gasteiger partial charge < -0.3 is 22.4 Å². The molecule has 0 atom stereocenters. The molecule has 0 bridgehead atoms. The lowest BCUT2D eigenvalue weighted by molar-refractivity contribution is -0.186. The number of ether oxygens (including phenoxy) is 2. The summed E-state index contributed by atoms with van der Waals surface area (Å²) in [4.78, 5) is 0. The molecule has 18 heavy (non-hydrogen) atoms. The van der Waals surface area contributed by atoms with Gasteiger partial charge >= 0.3 is 13.2 Å². The van der Waals surface area contributed by atoms with E-state index in [1.54, 1.807) is 0 Å². The number of halogens is 6. The van der Waals surface area contributed by atoms with Crippen molar-refractivity contribution in [2.45, 2.75) is 6.18 Å². The second kappa shape index (κ2) is 5.51. The average Bonchev–Trinajstić information content (AvgIpc) is 2.22. The molecule has 0 aliphatic rings. The molecule has 0 heterocycles. The molecule has 0 saturated heterocycles. The fourth-order valence-electron chi connectivity index (χ4n) is 1.08. The van der Waals surface area contributed by atoms with E-state index in [0.717, 1.165) is 12.1 Å². The van der Waals surface area contributed by atoms with E-state index in [9.17, 15) is 26.1 Å². The van der Waals surface area contributed by atoms with Crippen molar-refractivity contribution in [3.05, 3.63) is 24.3 Å². The van der Waals surface area contributed by atoms with E-state index >= 15 is 0 Å². The van der Waals surface area contributed by atoms with Crippen LogP contribution in [0.3, 0.4) is 0 Å². The van der Waals surface area contributed by atoms with Crippen LogP contribution in [-0.4, -0.2) is 26.6 Å². The van der Waals surface area contributed by atoms with Gasteiger partial charge in [-0.25, -0.2) is 0 Å². The first-order valence-electron chi connectivity index (χ1n) is 4.76. The second-order valence-electron chi connectivity index (χ2n) is 3.37. The molecule has 0 aromatic heterocycles. The Hall–Kier alpha value is -1.38. The van der Waals surface area contributed by atoms with Gasteiger partial charge in [-0.1, -0.05) is 12.1 Å². The molecule has 0 aliphatic heterocycles. The lowest BCUT2D eigenvalue weighted by Gasteiger charge is -2.16. The predicted octanol–water partition coefficient (Wildman–Crippen LogP) is 2.66. The van der Waals surface area contributed by atoms with Crippen LogP contribution in [0, 0.1) is 0 Å². The third kappa shape index (κ3) is 5.30. The summed E-state index contributed by atoms with van der Waals surface area (Å²) in [6.45, 7) is -7.46.